The lowest BCUT2D eigenvalue weighted by Crippen LogP contribution is -2.55. The Balaban J connectivity index is 1.42. The normalized spacial score (nSPS) is 30.1. The van der Waals surface area contributed by atoms with E-state index in [1.165, 1.54) is 25.8 Å². The summed E-state index contributed by atoms with van der Waals surface area (Å²) in [6, 6.07) is 0. The fraction of sp³-hybridized carbons (Fsp3) is 0.929. The second kappa shape index (κ2) is 6.20. The summed E-state index contributed by atoms with van der Waals surface area (Å²) in [7, 11) is 0. The van der Waals surface area contributed by atoms with Crippen molar-refractivity contribution >= 4 is 5.91 Å². The molecule has 5 nitrogen and oxygen atoms in total. The van der Waals surface area contributed by atoms with Gasteiger partial charge in [0.1, 0.15) is 6.10 Å². The van der Waals surface area contributed by atoms with Crippen LogP contribution in [0.4, 0.5) is 0 Å². The average Bonchev–Trinajstić information content (AvgIpc) is 2.44. The van der Waals surface area contributed by atoms with Crippen molar-refractivity contribution in [2.75, 3.05) is 52.4 Å². The quantitative estimate of drug-likeness (QED) is 0.777. The molecule has 3 rings (SSSR count). The first-order valence-corrected chi connectivity index (χ1v) is 7.66. The van der Waals surface area contributed by atoms with Crippen LogP contribution < -0.4 is 5.32 Å². The molecular formula is C14H25N3O2. The number of ether oxygens (including phenoxy) is 1. The largest absolute Gasteiger partial charge is 0.366 e. The van der Waals surface area contributed by atoms with Crippen LogP contribution in [0.25, 0.3) is 0 Å². The molecule has 0 bridgehead atoms. The monoisotopic (exact) mass is 267 g/mol. The third-order valence-corrected chi connectivity index (χ3v) is 4.63. The summed E-state index contributed by atoms with van der Waals surface area (Å²) in [5.74, 6) is 1.10. The summed E-state index contributed by atoms with van der Waals surface area (Å²) < 4.78 is 5.54. The van der Waals surface area contributed by atoms with E-state index in [0.717, 1.165) is 38.6 Å². The Morgan fingerprint density at radius 1 is 1.21 bits per heavy atom. The second-order valence-electron chi connectivity index (χ2n) is 5.99. The topological polar surface area (TPSA) is 44.8 Å². The predicted octanol–water partition coefficient (Wildman–Crippen LogP) is -0.0809. The highest BCUT2D eigenvalue weighted by Gasteiger charge is 2.30. The van der Waals surface area contributed by atoms with Gasteiger partial charge >= 0.3 is 0 Å². The lowest BCUT2D eigenvalue weighted by Gasteiger charge is -2.39. The van der Waals surface area contributed by atoms with Crippen LogP contribution in [0.1, 0.15) is 19.3 Å². The van der Waals surface area contributed by atoms with Crippen LogP contribution >= 0.6 is 0 Å². The van der Waals surface area contributed by atoms with Gasteiger partial charge in [0.15, 0.2) is 0 Å². The van der Waals surface area contributed by atoms with Gasteiger partial charge < -0.3 is 15.0 Å². The molecule has 1 amide bonds. The van der Waals surface area contributed by atoms with E-state index in [4.69, 9.17) is 4.74 Å². The number of amides is 1. The standard InChI is InChI=1S/C14H25N3O2/c18-14(13-10-15-4-9-19-13)17-7-5-16(6-8-17)11-12-2-1-3-12/h12-13,15H,1-11H2. The fourth-order valence-corrected chi connectivity index (χ4v) is 3.12. The van der Waals surface area contributed by atoms with Gasteiger partial charge in [-0.2, -0.15) is 0 Å². The smallest absolute Gasteiger partial charge is 0.253 e. The molecule has 5 heteroatoms. The van der Waals surface area contributed by atoms with Gasteiger partial charge in [0.25, 0.3) is 5.91 Å². The predicted molar refractivity (Wildman–Crippen MR) is 73.0 cm³/mol. The summed E-state index contributed by atoms with van der Waals surface area (Å²) in [5.41, 5.74) is 0. The lowest BCUT2D eigenvalue weighted by atomic mass is 9.85. The highest BCUT2D eigenvalue weighted by molar-refractivity contribution is 5.81. The van der Waals surface area contributed by atoms with E-state index in [-0.39, 0.29) is 12.0 Å². The zero-order valence-electron chi connectivity index (χ0n) is 11.6. The fourth-order valence-electron chi connectivity index (χ4n) is 3.12. The summed E-state index contributed by atoms with van der Waals surface area (Å²) in [6.07, 6.45) is 3.96. The molecule has 0 spiro atoms. The van der Waals surface area contributed by atoms with Gasteiger partial charge in [-0.25, -0.2) is 0 Å². The van der Waals surface area contributed by atoms with E-state index >= 15 is 0 Å². The van der Waals surface area contributed by atoms with E-state index in [9.17, 15) is 4.79 Å². The first kappa shape index (κ1) is 13.3. The molecular weight excluding hydrogens is 242 g/mol. The number of hydrogen-bond acceptors (Lipinski definition) is 4. The van der Waals surface area contributed by atoms with Gasteiger partial charge in [-0.15, -0.1) is 0 Å². The van der Waals surface area contributed by atoms with Gasteiger partial charge in [-0.05, 0) is 18.8 Å². The maximum absolute atomic E-state index is 12.3. The minimum atomic E-state index is -0.257. The summed E-state index contributed by atoms with van der Waals surface area (Å²) in [6.45, 7) is 7.21. The molecule has 0 aromatic carbocycles. The number of carbonyl (C=O) groups excluding carboxylic acids is 1. The van der Waals surface area contributed by atoms with Crippen molar-refractivity contribution in [1.29, 1.82) is 0 Å². The Morgan fingerprint density at radius 3 is 2.58 bits per heavy atom. The minimum Gasteiger partial charge on any atom is -0.366 e. The SMILES string of the molecule is O=C(C1CNCCO1)N1CCN(CC2CCC2)CC1. The molecule has 0 aromatic rings. The van der Waals surface area contributed by atoms with Crippen molar-refractivity contribution < 1.29 is 9.53 Å². The minimum absolute atomic E-state index is 0.176. The average molecular weight is 267 g/mol. The Bertz CT molecular complexity index is 306. The number of carbonyl (C=O) groups is 1. The van der Waals surface area contributed by atoms with Crippen molar-refractivity contribution in [1.82, 2.24) is 15.1 Å². The van der Waals surface area contributed by atoms with Crippen molar-refractivity contribution in [3.8, 4) is 0 Å². The van der Waals surface area contributed by atoms with Crippen LogP contribution in [0.2, 0.25) is 0 Å². The van der Waals surface area contributed by atoms with Crippen LogP contribution in [-0.4, -0.2) is 74.2 Å². The summed E-state index contributed by atoms with van der Waals surface area (Å²) >= 11 is 0. The van der Waals surface area contributed by atoms with Crippen molar-refractivity contribution in [3.63, 3.8) is 0 Å². The zero-order valence-corrected chi connectivity index (χ0v) is 11.6. The van der Waals surface area contributed by atoms with E-state index < -0.39 is 0 Å². The van der Waals surface area contributed by atoms with Crippen LogP contribution in [-0.2, 0) is 9.53 Å². The van der Waals surface area contributed by atoms with Crippen molar-refractivity contribution in [2.24, 2.45) is 5.92 Å². The molecule has 1 N–H and O–H groups in total. The van der Waals surface area contributed by atoms with Crippen molar-refractivity contribution in [3.05, 3.63) is 0 Å². The number of rotatable bonds is 3. The number of nitrogens with one attached hydrogen (secondary N) is 1. The number of morpholine rings is 1. The van der Waals surface area contributed by atoms with Crippen LogP contribution in [0.3, 0.4) is 0 Å². The van der Waals surface area contributed by atoms with E-state index in [0.29, 0.717) is 13.2 Å². The molecule has 0 radical (unpaired) electrons. The zero-order chi connectivity index (χ0) is 13.1. The maximum atomic E-state index is 12.3. The van der Waals surface area contributed by atoms with Crippen LogP contribution in [0.15, 0.2) is 0 Å². The van der Waals surface area contributed by atoms with Gasteiger partial charge in [0.05, 0.1) is 6.61 Å². The number of nitrogens with zero attached hydrogens (tertiary/aromatic N) is 2. The Morgan fingerprint density at radius 2 is 2.00 bits per heavy atom. The second-order valence-corrected chi connectivity index (χ2v) is 5.99. The molecule has 2 saturated heterocycles. The van der Waals surface area contributed by atoms with Gasteiger partial charge in [0, 0.05) is 45.8 Å². The van der Waals surface area contributed by atoms with Crippen LogP contribution in [0, 0.1) is 5.92 Å². The molecule has 1 atom stereocenters. The lowest BCUT2D eigenvalue weighted by molar-refractivity contribution is -0.147. The number of hydrogen-bond donors (Lipinski definition) is 1. The highest BCUT2D eigenvalue weighted by atomic mass is 16.5. The molecule has 19 heavy (non-hydrogen) atoms. The van der Waals surface area contributed by atoms with E-state index in [1.54, 1.807) is 0 Å². The van der Waals surface area contributed by atoms with E-state index in [1.807, 2.05) is 4.90 Å². The van der Waals surface area contributed by atoms with E-state index in [2.05, 4.69) is 10.2 Å². The summed E-state index contributed by atoms with van der Waals surface area (Å²) in [5, 5.41) is 3.22. The molecule has 2 heterocycles. The Hall–Kier alpha value is -0.650. The first-order chi connectivity index (χ1) is 9.33. The molecule has 2 aliphatic heterocycles. The Labute approximate surface area is 115 Å². The molecule has 3 aliphatic rings. The molecule has 1 saturated carbocycles. The first-order valence-electron chi connectivity index (χ1n) is 7.66. The third-order valence-electron chi connectivity index (χ3n) is 4.63. The molecule has 1 unspecified atom stereocenters. The summed E-state index contributed by atoms with van der Waals surface area (Å²) in [4.78, 5) is 16.8. The van der Waals surface area contributed by atoms with Crippen LogP contribution in [0.5, 0.6) is 0 Å². The number of piperazine rings is 1. The van der Waals surface area contributed by atoms with Gasteiger partial charge in [-0.3, -0.25) is 9.69 Å². The molecule has 0 aromatic heterocycles. The Kier molecular flexibility index (Phi) is 4.35. The van der Waals surface area contributed by atoms with Crippen molar-refractivity contribution in [2.45, 2.75) is 25.4 Å². The highest BCUT2D eigenvalue weighted by Crippen LogP contribution is 2.27. The molecule has 1 aliphatic carbocycles. The molecule has 108 valence electrons. The van der Waals surface area contributed by atoms with Gasteiger partial charge in [-0.1, -0.05) is 6.42 Å². The van der Waals surface area contributed by atoms with Gasteiger partial charge in [0.2, 0.25) is 0 Å². The molecule has 3 fully saturated rings. The maximum Gasteiger partial charge on any atom is 0.253 e. The third kappa shape index (κ3) is 3.27.